The van der Waals surface area contributed by atoms with Crippen molar-refractivity contribution in [1.29, 1.82) is 0 Å². The predicted molar refractivity (Wildman–Crippen MR) is 111 cm³/mol. The van der Waals surface area contributed by atoms with Gasteiger partial charge in [0, 0.05) is 12.7 Å². The third-order valence-corrected chi connectivity index (χ3v) is 4.28. The number of nitrogens with one attached hydrogen (secondary N) is 1. The first kappa shape index (κ1) is 19.5. The average Bonchev–Trinajstić information content (AvgIpc) is 2.74. The highest BCUT2D eigenvalue weighted by atomic mass is 16.5. The Balaban J connectivity index is 1.53. The Bertz CT molecular complexity index is 953. The summed E-state index contributed by atoms with van der Waals surface area (Å²) in [5, 5.41) is 2.91. The van der Waals surface area contributed by atoms with E-state index in [2.05, 4.69) is 28.3 Å². The molecule has 0 bridgehead atoms. The maximum Gasteiger partial charge on any atom is 0.270 e. The monoisotopic (exact) mass is 375 g/mol. The Morgan fingerprint density at radius 1 is 1.11 bits per heavy atom. The zero-order chi connectivity index (χ0) is 19.6. The molecule has 144 valence electrons. The van der Waals surface area contributed by atoms with Crippen molar-refractivity contribution < 1.29 is 9.53 Å². The van der Waals surface area contributed by atoms with E-state index in [1.165, 1.54) is 12.8 Å². The number of carbonyl (C=O) groups excluding carboxylic acids is 1. The number of unbranched alkanes of at least 4 members (excludes halogenated alkanes) is 2. The van der Waals surface area contributed by atoms with E-state index < -0.39 is 0 Å². The summed E-state index contributed by atoms with van der Waals surface area (Å²) in [5.41, 5.74) is 2.83. The van der Waals surface area contributed by atoms with Gasteiger partial charge >= 0.3 is 0 Å². The summed E-state index contributed by atoms with van der Waals surface area (Å²) in [6.07, 6.45) is 9.40. The summed E-state index contributed by atoms with van der Waals surface area (Å²) in [4.78, 5) is 21.0. The predicted octanol–water partition coefficient (Wildman–Crippen LogP) is 4.69. The minimum Gasteiger partial charge on any atom is -0.490 e. The summed E-state index contributed by atoms with van der Waals surface area (Å²) >= 11 is 0. The normalized spacial score (nSPS) is 11.0. The van der Waals surface area contributed by atoms with Crippen LogP contribution in [-0.2, 0) is 6.54 Å². The number of carbonyl (C=O) groups is 1. The van der Waals surface area contributed by atoms with E-state index >= 15 is 0 Å². The zero-order valence-electron chi connectivity index (χ0n) is 16.1. The van der Waals surface area contributed by atoms with Crippen LogP contribution in [-0.4, -0.2) is 22.5 Å². The van der Waals surface area contributed by atoms with Gasteiger partial charge in [0.1, 0.15) is 18.1 Å². The van der Waals surface area contributed by atoms with Crippen LogP contribution in [0.4, 0.5) is 0 Å². The first-order chi connectivity index (χ1) is 13.8. The number of ether oxygens (including phenoxy) is 1. The number of rotatable bonds is 9. The van der Waals surface area contributed by atoms with E-state index in [1.54, 1.807) is 18.3 Å². The lowest BCUT2D eigenvalue weighted by molar-refractivity contribution is 0.0946. The van der Waals surface area contributed by atoms with Gasteiger partial charge in [-0.2, -0.15) is 0 Å². The molecule has 2 aromatic heterocycles. The molecule has 0 saturated heterocycles. The van der Waals surface area contributed by atoms with Crippen molar-refractivity contribution >= 4 is 16.9 Å². The van der Waals surface area contributed by atoms with E-state index in [4.69, 9.17) is 4.74 Å². The summed E-state index contributed by atoms with van der Waals surface area (Å²) in [7, 11) is 0. The van der Waals surface area contributed by atoms with Gasteiger partial charge in [0.25, 0.3) is 5.91 Å². The Labute approximate surface area is 165 Å². The maximum absolute atomic E-state index is 12.4. The molecule has 28 heavy (non-hydrogen) atoms. The molecule has 0 unspecified atom stereocenters. The van der Waals surface area contributed by atoms with Gasteiger partial charge in [0.05, 0.1) is 11.0 Å². The molecule has 0 atom stereocenters. The second-order valence-corrected chi connectivity index (χ2v) is 6.49. The van der Waals surface area contributed by atoms with Crippen LogP contribution in [0.15, 0.2) is 66.9 Å². The molecule has 0 spiro atoms. The maximum atomic E-state index is 12.4. The quantitative estimate of drug-likeness (QED) is 0.435. The third kappa shape index (κ3) is 5.64. The van der Waals surface area contributed by atoms with E-state index in [9.17, 15) is 4.79 Å². The Morgan fingerprint density at radius 2 is 2.04 bits per heavy atom. The SMILES string of the molecule is CCCCC=CCOc1cccc(CNC(=O)c2ccc3ncccc3n2)c1. The molecule has 0 aliphatic carbocycles. The van der Waals surface area contributed by atoms with Crippen LogP contribution >= 0.6 is 0 Å². The molecule has 0 radical (unpaired) electrons. The van der Waals surface area contributed by atoms with Crippen molar-refractivity contribution in [1.82, 2.24) is 15.3 Å². The second-order valence-electron chi connectivity index (χ2n) is 6.49. The number of aromatic nitrogens is 2. The topological polar surface area (TPSA) is 64.1 Å². The highest BCUT2D eigenvalue weighted by Gasteiger charge is 2.08. The Kier molecular flexibility index (Phi) is 7.13. The molecule has 0 fully saturated rings. The molecule has 1 aromatic carbocycles. The number of pyridine rings is 2. The average molecular weight is 375 g/mol. The van der Waals surface area contributed by atoms with Gasteiger partial charge < -0.3 is 10.1 Å². The third-order valence-electron chi connectivity index (χ3n) is 4.28. The summed E-state index contributed by atoms with van der Waals surface area (Å²) in [5.74, 6) is 0.581. The molecule has 0 aliphatic heterocycles. The molecule has 1 amide bonds. The second kappa shape index (κ2) is 10.2. The van der Waals surface area contributed by atoms with E-state index in [1.807, 2.05) is 42.5 Å². The van der Waals surface area contributed by atoms with Crippen molar-refractivity contribution in [2.24, 2.45) is 0 Å². The highest BCUT2D eigenvalue weighted by Crippen LogP contribution is 2.14. The van der Waals surface area contributed by atoms with Crippen LogP contribution in [0.3, 0.4) is 0 Å². The van der Waals surface area contributed by atoms with Crippen molar-refractivity contribution in [3.05, 3.63) is 78.1 Å². The lowest BCUT2D eigenvalue weighted by atomic mass is 10.2. The fourth-order valence-electron chi connectivity index (χ4n) is 2.75. The number of benzene rings is 1. The van der Waals surface area contributed by atoms with Crippen molar-refractivity contribution in [3.63, 3.8) is 0 Å². The van der Waals surface area contributed by atoms with Gasteiger partial charge in [0.15, 0.2) is 0 Å². The molecule has 5 heteroatoms. The molecule has 5 nitrogen and oxygen atoms in total. The number of hydrogen-bond acceptors (Lipinski definition) is 4. The molecule has 2 heterocycles. The molecule has 0 aliphatic rings. The summed E-state index contributed by atoms with van der Waals surface area (Å²) < 4.78 is 5.75. The molecule has 3 aromatic rings. The molecule has 3 rings (SSSR count). The van der Waals surface area contributed by atoms with E-state index in [0.717, 1.165) is 23.3 Å². The Morgan fingerprint density at radius 3 is 2.93 bits per heavy atom. The number of hydrogen-bond donors (Lipinski definition) is 1. The zero-order valence-corrected chi connectivity index (χ0v) is 16.1. The van der Waals surface area contributed by atoms with E-state index in [0.29, 0.717) is 24.4 Å². The fourth-order valence-corrected chi connectivity index (χ4v) is 2.75. The van der Waals surface area contributed by atoms with Crippen LogP contribution in [0.1, 0.15) is 42.2 Å². The fraction of sp³-hybridized carbons (Fsp3) is 0.261. The van der Waals surface area contributed by atoms with Crippen molar-refractivity contribution in [2.45, 2.75) is 32.7 Å². The number of nitrogens with zero attached hydrogens (tertiary/aromatic N) is 2. The minimum absolute atomic E-state index is 0.212. The molecular formula is C23H25N3O2. The van der Waals surface area contributed by atoms with Crippen molar-refractivity contribution in [2.75, 3.05) is 6.61 Å². The van der Waals surface area contributed by atoms with Crippen LogP contribution in [0, 0.1) is 0 Å². The van der Waals surface area contributed by atoms with Gasteiger partial charge in [-0.1, -0.05) is 44.1 Å². The molecule has 0 saturated carbocycles. The van der Waals surface area contributed by atoms with Crippen LogP contribution in [0.2, 0.25) is 0 Å². The number of amides is 1. The first-order valence-corrected chi connectivity index (χ1v) is 9.63. The highest BCUT2D eigenvalue weighted by molar-refractivity contribution is 5.94. The summed E-state index contributed by atoms with van der Waals surface area (Å²) in [6, 6.07) is 14.9. The van der Waals surface area contributed by atoms with Gasteiger partial charge in [-0.05, 0) is 48.4 Å². The van der Waals surface area contributed by atoms with Gasteiger partial charge in [-0.25, -0.2) is 4.98 Å². The summed E-state index contributed by atoms with van der Waals surface area (Å²) in [6.45, 7) is 3.14. The van der Waals surface area contributed by atoms with Crippen LogP contribution in [0.5, 0.6) is 5.75 Å². The Hall–Kier alpha value is -3.21. The van der Waals surface area contributed by atoms with Crippen LogP contribution < -0.4 is 10.1 Å². The van der Waals surface area contributed by atoms with Gasteiger partial charge in [-0.3, -0.25) is 9.78 Å². The lowest BCUT2D eigenvalue weighted by Crippen LogP contribution is -2.23. The number of fused-ring (bicyclic) bond motifs is 1. The molecular weight excluding hydrogens is 350 g/mol. The first-order valence-electron chi connectivity index (χ1n) is 9.63. The van der Waals surface area contributed by atoms with Crippen molar-refractivity contribution in [3.8, 4) is 5.75 Å². The smallest absolute Gasteiger partial charge is 0.270 e. The largest absolute Gasteiger partial charge is 0.490 e. The van der Waals surface area contributed by atoms with Gasteiger partial charge in [-0.15, -0.1) is 0 Å². The van der Waals surface area contributed by atoms with E-state index in [-0.39, 0.29) is 5.91 Å². The van der Waals surface area contributed by atoms with Gasteiger partial charge in [0.2, 0.25) is 0 Å². The number of allylic oxidation sites excluding steroid dienone is 1. The minimum atomic E-state index is -0.212. The lowest BCUT2D eigenvalue weighted by Gasteiger charge is -2.08. The van der Waals surface area contributed by atoms with Crippen LogP contribution in [0.25, 0.3) is 11.0 Å². The molecule has 1 N–H and O–H groups in total. The standard InChI is InChI=1S/C23H25N3O2/c1-2-3-4-5-6-15-28-19-10-7-9-18(16-19)17-25-23(27)22-13-12-20-21(26-22)11-8-14-24-20/h5-14,16H,2-4,15,17H2,1H3,(H,25,27).